The molecule has 0 bridgehead atoms. The largest absolute Gasteiger partial charge is 0.495 e. The number of carbonyl (C=O) groups is 2. The van der Waals surface area contributed by atoms with Gasteiger partial charge in [-0.25, -0.2) is 4.79 Å². The molecule has 2 N–H and O–H groups in total. The number of anilines is 1. The Hall–Kier alpha value is -2.82. The number of benzene rings is 2. The molecule has 0 aliphatic rings. The number of carbonyl (C=O) groups excluding carboxylic acids is 1. The summed E-state index contributed by atoms with van der Waals surface area (Å²) in [5, 5.41) is 11.6. The lowest BCUT2D eigenvalue weighted by molar-refractivity contribution is 0.0697. The number of para-hydroxylation sites is 2. The van der Waals surface area contributed by atoms with Crippen LogP contribution in [0.2, 0.25) is 0 Å². The monoisotopic (exact) mass is 271 g/mol. The Morgan fingerprint density at radius 3 is 2.45 bits per heavy atom. The average Bonchev–Trinajstić information content (AvgIpc) is 2.48. The van der Waals surface area contributed by atoms with E-state index in [1.807, 2.05) is 0 Å². The van der Waals surface area contributed by atoms with Gasteiger partial charge in [-0.3, -0.25) is 4.79 Å². The van der Waals surface area contributed by atoms with E-state index in [-0.39, 0.29) is 11.1 Å². The Bertz CT molecular complexity index is 652. The highest BCUT2D eigenvalue weighted by atomic mass is 16.5. The van der Waals surface area contributed by atoms with Gasteiger partial charge in [-0.1, -0.05) is 18.2 Å². The summed E-state index contributed by atoms with van der Waals surface area (Å²) in [5.74, 6) is -0.926. The first-order valence-electron chi connectivity index (χ1n) is 5.89. The second kappa shape index (κ2) is 5.88. The fourth-order valence-corrected chi connectivity index (χ4v) is 1.74. The molecular weight excluding hydrogens is 258 g/mol. The number of amides is 1. The fraction of sp³-hybridized carbons (Fsp3) is 0.0667. The molecule has 5 heteroatoms. The summed E-state index contributed by atoms with van der Waals surface area (Å²) in [6, 6.07) is 12.8. The molecule has 0 atom stereocenters. The Kier molecular flexibility index (Phi) is 4.00. The number of hydrogen-bond donors (Lipinski definition) is 2. The summed E-state index contributed by atoms with van der Waals surface area (Å²) in [6.07, 6.45) is 0. The zero-order chi connectivity index (χ0) is 14.5. The molecule has 0 aliphatic heterocycles. The maximum Gasteiger partial charge on any atom is 0.335 e. The Morgan fingerprint density at radius 2 is 1.75 bits per heavy atom. The van der Waals surface area contributed by atoms with Crippen molar-refractivity contribution < 1.29 is 19.4 Å². The third-order valence-corrected chi connectivity index (χ3v) is 2.73. The number of hydrogen-bond acceptors (Lipinski definition) is 3. The van der Waals surface area contributed by atoms with E-state index in [2.05, 4.69) is 5.32 Å². The minimum Gasteiger partial charge on any atom is -0.495 e. The lowest BCUT2D eigenvalue weighted by Gasteiger charge is -2.10. The molecule has 0 saturated carbocycles. The maximum atomic E-state index is 12.1. The van der Waals surface area contributed by atoms with E-state index in [0.29, 0.717) is 11.4 Å². The van der Waals surface area contributed by atoms with Gasteiger partial charge < -0.3 is 15.2 Å². The van der Waals surface area contributed by atoms with Gasteiger partial charge >= 0.3 is 5.97 Å². The minimum atomic E-state index is -1.07. The number of carboxylic acids is 1. The van der Waals surface area contributed by atoms with Gasteiger partial charge in [0.1, 0.15) is 5.75 Å². The minimum absolute atomic E-state index is 0.0673. The molecule has 0 spiro atoms. The predicted octanol–water partition coefficient (Wildman–Crippen LogP) is 2.65. The van der Waals surface area contributed by atoms with E-state index in [4.69, 9.17) is 9.84 Å². The summed E-state index contributed by atoms with van der Waals surface area (Å²) >= 11 is 0. The van der Waals surface area contributed by atoms with Crippen molar-refractivity contribution in [3.63, 3.8) is 0 Å². The van der Waals surface area contributed by atoms with Crippen LogP contribution < -0.4 is 10.1 Å². The number of methoxy groups -OCH3 is 1. The number of ether oxygens (including phenoxy) is 1. The van der Waals surface area contributed by atoms with E-state index in [1.165, 1.54) is 25.3 Å². The second-order valence-corrected chi connectivity index (χ2v) is 4.04. The normalized spacial score (nSPS) is 9.85. The van der Waals surface area contributed by atoms with Crippen LogP contribution in [0.5, 0.6) is 5.75 Å². The van der Waals surface area contributed by atoms with Crippen LogP contribution in [0.1, 0.15) is 20.7 Å². The smallest absolute Gasteiger partial charge is 0.335 e. The van der Waals surface area contributed by atoms with Crippen molar-refractivity contribution in [2.45, 2.75) is 0 Å². The highest BCUT2D eigenvalue weighted by Crippen LogP contribution is 2.23. The predicted molar refractivity (Wildman–Crippen MR) is 74.3 cm³/mol. The molecule has 5 nitrogen and oxygen atoms in total. The number of nitrogens with one attached hydrogen (secondary N) is 1. The molecule has 20 heavy (non-hydrogen) atoms. The third kappa shape index (κ3) is 2.95. The lowest BCUT2D eigenvalue weighted by Crippen LogP contribution is -2.13. The Balaban J connectivity index is 2.24. The zero-order valence-corrected chi connectivity index (χ0v) is 10.8. The Labute approximate surface area is 115 Å². The zero-order valence-electron chi connectivity index (χ0n) is 10.8. The van der Waals surface area contributed by atoms with Gasteiger partial charge in [0.05, 0.1) is 18.4 Å². The van der Waals surface area contributed by atoms with Gasteiger partial charge in [-0.15, -0.1) is 0 Å². The molecule has 0 fully saturated rings. The van der Waals surface area contributed by atoms with E-state index < -0.39 is 11.9 Å². The summed E-state index contributed by atoms with van der Waals surface area (Å²) in [4.78, 5) is 23.0. The van der Waals surface area contributed by atoms with Gasteiger partial charge in [-0.05, 0) is 30.3 Å². The molecule has 0 saturated heterocycles. The highest BCUT2D eigenvalue weighted by Gasteiger charge is 2.11. The molecule has 2 aromatic rings. The molecule has 0 aromatic heterocycles. The quantitative estimate of drug-likeness (QED) is 0.896. The third-order valence-electron chi connectivity index (χ3n) is 2.73. The van der Waals surface area contributed by atoms with Crippen molar-refractivity contribution in [2.75, 3.05) is 12.4 Å². The molecule has 2 rings (SSSR count). The van der Waals surface area contributed by atoms with Crippen LogP contribution in [0.25, 0.3) is 0 Å². The van der Waals surface area contributed by atoms with Crippen LogP contribution in [0, 0.1) is 0 Å². The molecule has 0 heterocycles. The Morgan fingerprint density at radius 1 is 1.05 bits per heavy atom. The topological polar surface area (TPSA) is 75.6 Å². The van der Waals surface area contributed by atoms with E-state index >= 15 is 0 Å². The van der Waals surface area contributed by atoms with Crippen LogP contribution in [-0.2, 0) is 0 Å². The van der Waals surface area contributed by atoms with Crippen molar-refractivity contribution >= 4 is 17.6 Å². The molecule has 0 aliphatic carbocycles. The molecule has 102 valence electrons. The van der Waals surface area contributed by atoms with Crippen LogP contribution in [0.15, 0.2) is 48.5 Å². The van der Waals surface area contributed by atoms with E-state index in [9.17, 15) is 9.59 Å². The summed E-state index contributed by atoms with van der Waals surface area (Å²) in [6.45, 7) is 0. The van der Waals surface area contributed by atoms with Gasteiger partial charge in [0, 0.05) is 5.56 Å². The summed E-state index contributed by atoms with van der Waals surface area (Å²) in [7, 11) is 1.51. The van der Waals surface area contributed by atoms with Crippen LogP contribution in [0.3, 0.4) is 0 Å². The lowest BCUT2D eigenvalue weighted by atomic mass is 10.1. The van der Waals surface area contributed by atoms with Gasteiger partial charge in [0.25, 0.3) is 5.91 Å². The van der Waals surface area contributed by atoms with Crippen molar-refractivity contribution in [2.24, 2.45) is 0 Å². The van der Waals surface area contributed by atoms with Crippen molar-refractivity contribution in [1.82, 2.24) is 0 Å². The van der Waals surface area contributed by atoms with Crippen LogP contribution in [-0.4, -0.2) is 24.1 Å². The molecule has 0 unspecified atom stereocenters. The van der Waals surface area contributed by atoms with Crippen LogP contribution >= 0.6 is 0 Å². The number of aromatic carboxylic acids is 1. The second-order valence-electron chi connectivity index (χ2n) is 4.04. The number of rotatable bonds is 4. The van der Waals surface area contributed by atoms with Crippen molar-refractivity contribution in [3.8, 4) is 5.75 Å². The van der Waals surface area contributed by atoms with Crippen molar-refractivity contribution in [1.29, 1.82) is 0 Å². The van der Waals surface area contributed by atoms with Gasteiger partial charge in [-0.2, -0.15) is 0 Å². The standard InChI is InChI=1S/C15H13NO4/c1-20-13-8-3-2-7-12(13)16-14(17)10-5-4-6-11(9-10)15(18)19/h2-9H,1H3,(H,16,17)(H,18,19). The summed E-state index contributed by atoms with van der Waals surface area (Å²) < 4.78 is 5.14. The van der Waals surface area contributed by atoms with Gasteiger partial charge in [0.2, 0.25) is 0 Å². The molecule has 1 amide bonds. The molecule has 2 aromatic carbocycles. The van der Waals surface area contributed by atoms with E-state index in [0.717, 1.165) is 0 Å². The first kappa shape index (κ1) is 13.6. The average molecular weight is 271 g/mol. The molecule has 0 radical (unpaired) electrons. The van der Waals surface area contributed by atoms with Crippen molar-refractivity contribution in [3.05, 3.63) is 59.7 Å². The highest BCUT2D eigenvalue weighted by molar-refractivity contribution is 6.06. The van der Waals surface area contributed by atoms with Gasteiger partial charge in [0.15, 0.2) is 0 Å². The molecular formula is C15H13NO4. The number of carboxylic acid groups (broad SMARTS) is 1. The fourth-order valence-electron chi connectivity index (χ4n) is 1.74. The maximum absolute atomic E-state index is 12.1. The van der Waals surface area contributed by atoms with Crippen LogP contribution in [0.4, 0.5) is 5.69 Å². The first-order valence-corrected chi connectivity index (χ1v) is 5.89. The SMILES string of the molecule is COc1ccccc1NC(=O)c1cccc(C(=O)O)c1. The van der Waals surface area contributed by atoms with E-state index in [1.54, 1.807) is 30.3 Å². The summed E-state index contributed by atoms with van der Waals surface area (Å²) in [5.41, 5.74) is 0.870. The first-order chi connectivity index (χ1) is 9.61.